The molecule has 2 amide bonds. The van der Waals surface area contributed by atoms with Gasteiger partial charge in [0.25, 0.3) is 0 Å². The van der Waals surface area contributed by atoms with Gasteiger partial charge in [-0.15, -0.1) is 5.10 Å². The highest BCUT2D eigenvalue weighted by Gasteiger charge is 2.50. The molecule has 2 fully saturated rings. The fraction of sp³-hybridized carbons (Fsp3) is 0.450. The lowest BCUT2D eigenvalue weighted by molar-refractivity contribution is -0.145. The van der Waals surface area contributed by atoms with Gasteiger partial charge in [0.05, 0.1) is 24.8 Å². The minimum atomic E-state index is -0.594. The fourth-order valence-electron chi connectivity index (χ4n) is 3.84. The van der Waals surface area contributed by atoms with E-state index in [-0.39, 0.29) is 36.8 Å². The zero-order chi connectivity index (χ0) is 22.3. The summed E-state index contributed by atoms with van der Waals surface area (Å²) in [6, 6.07) is 1.71. The van der Waals surface area contributed by atoms with E-state index in [1.807, 2.05) is 0 Å². The average molecular weight is 435 g/mol. The topological polar surface area (TPSA) is 124 Å². The van der Waals surface area contributed by atoms with Crippen LogP contribution in [0, 0.1) is 12.5 Å². The summed E-state index contributed by atoms with van der Waals surface area (Å²) in [5.41, 5.74) is 0.638. The number of nitrogens with one attached hydrogen (secondary N) is 1. The number of rotatable bonds is 7. The number of anilines is 1. The summed E-state index contributed by atoms with van der Waals surface area (Å²) in [4.78, 5) is 38.1. The number of carbonyl (C=O) groups is 2. The third-order valence-corrected chi connectivity index (χ3v) is 5.73. The van der Waals surface area contributed by atoms with Gasteiger partial charge in [-0.05, 0) is 12.8 Å². The minimum absolute atomic E-state index is 0.0102. The van der Waals surface area contributed by atoms with Crippen molar-refractivity contribution in [3.8, 4) is 11.4 Å². The quantitative estimate of drug-likeness (QED) is 0.534. The fourth-order valence-corrected chi connectivity index (χ4v) is 3.84. The van der Waals surface area contributed by atoms with Gasteiger partial charge in [-0.25, -0.2) is 11.6 Å². The normalized spacial score (nSPS) is 17.1. The van der Waals surface area contributed by atoms with Crippen LogP contribution >= 0.6 is 0 Å². The molecule has 164 valence electrons. The van der Waals surface area contributed by atoms with Gasteiger partial charge in [0, 0.05) is 31.5 Å². The van der Waals surface area contributed by atoms with Crippen LogP contribution in [-0.4, -0.2) is 79.4 Å². The molecule has 32 heavy (non-hydrogen) atoms. The molecule has 0 bridgehead atoms. The number of amides is 2. The van der Waals surface area contributed by atoms with Crippen LogP contribution in [0.3, 0.4) is 0 Å². The van der Waals surface area contributed by atoms with Crippen molar-refractivity contribution in [2.75, 3.05) is 38.7 Å². The number of hydrogen-bond donors (Lipinski definition) is 1. The Kier molecular flexibility index (Phi) is 4.82. The number of nitrogens with zero attached hydrogens (tertiary/aromatic N) is 8. The highest BCUT2D eigenvalue weighted by molar-refractivity contribution is 5.92. The zero-order valence-electron chi connectivity index (χ0n) is 17.4. The van der Waals surface area contributed by atoms with Crippen molar-refractivity contribution in [3.05, 3.63) is 36.1 Å². The first-order valence-electron chi connectivity index (χ1n) is 10.2. The molecule has 0 unspecified atom stereocenters. The highest BCUT2D eigenvalue weighted by Crippen LogP contribution is 2.32. The van der Waals surface area contributed by atoms with Crippen molar-refractivity contribution in [1.82, 2.24) is 34.3 Å². The van der Waals surface area contributed by atoms with Crippen LogP contribution in [0.1, 0.15) is 12.8 Å². The predicted molar refractivity (Wildman–Crippen MR) is 111 cm³/mol. The van der Waals surface area contributed by atoms with Crippen molar-refractivity contribution in [1.29, 1.82) is 0 Å². The van der Waals surface area contributed by atoms with Crippen LogP contribution in [-0.2, 0) is 19.9 Å². The summed E-state index contributed by atoms with van der Waals surface area (Å²) < 4.78 is 8.20. The van der Waals surface area contributed by atoms with Gasteiger partial charge in [-0.3, -0.25) is 19.6 Å². The van der Waals surface area contributed by atoms with Crippen molar-refractivity contribution >= 4 is 23.4 Å². The third kappa shape index (κ3) is 3.46. The first kappa shape index (κ1) is 20.1. The predicted octanol–water partition coefficient (Wildman–Crippen LogP) is 0.439. The molecular weight excluding hydrogens is 414 g/mol. The van der Waals surface area contributed by atoms with Gasteiger partial charge in [0.2, 0.25) is 24.3 Å². The van der Waals surface area contributed by atoms with E-state index in [1.165, 1.54) is 7.11 Å². The Morgan fingerprint density at radius 3 is 2.91 bits per heavy atom. The maximum atomic E-state index is 12.1. The molecule has 0 aromatic carbocycles. The molecule has 4 heterocycles. The van der Waals surface area contributed by atoms with Crippen molar-refractivity contribution in [2.24, 2.45) is 5.92 Å². The van der Waals surface area contributed by atoms with Gasteiger partial charge in [0.15, 0.2) is 17.0 Å². The summed E-state index contributed by atoms with van der Waals surface area (Å²) >= 11 is 0. The summed E-state index contributed by atoms with van der Waals surface area (Å²) in [5, 5.41) is 11.6. The smallest absolute Gasteiger partial charge is 0.249 e. The lowest BCUT2D eigenvalue weighted by Gasteiger charge is -2.46. The summed E-state index contributed by atoms with van der Waals surface area (Å²) in [5.74, 6) is 0.614. The van der Waals surface area contributed by atoms with E-state index in [1.54, 1.807) is 38.8 Å². The lowest BCUT2D eigenvalue weighted by atomic mass is 9.90. The van der Waals surface area contributed by atoms with Crippen LogP contribution in [0.5, 0.6) is 0 Å². The number of ether oxygens (including phenoxy) is 1. The van der Waals surface area contributed by atoms with Gasteiger partial charge in [-0.2, -0.15) is 14.6 Å². The molecule has 3 aromatic rings. The molecule has 1 N–H and O–H groups in total. The molecule has 12 nitrogen and oxygen atoms in total. The molecule has 0 radical (unpaired) electrons. The summed E-state index contributed by atoms with van der Waals surface area (Å²) in [6.45, 7) is 8.34. The molecule has 1 aliphatic carbocycles. The Morgan fingerprint density at radius 2 is 2.19 bits per heavy atom. The van der Waals surface area contributed by atoms with E-state index in [4.69, 9.17) is 11.3 Å². The van der Waals surface area contributed by atoms with Crippen molar-refractivity contribution in [3.63, 3.8) is 0 Å². The molecule has 2 aliphatic rings. The van der Waals surface area contributed by atoms with E-state index in [0.29, 0.717) is 30.1 Å². The van der Waals surface area contributed by atoms with Crippen LogP contribution in [0.15, 0.2) is 24.7 Å². The van der Waals surface area contributed by atoms with E-state index < -0.39 is 5.54 Å². The molecule has 12 heteroatoms. The Hall–Kier alpha value is -3.85. The Morgan fingerprint density at radius 1 is 1.38 bits per heavy atom. The maximum Gasteiger partial charge on any atom is 0.249 e. The molecule has 1 saturated carbocycles. The molecule has 3 aromatic heterocycles. The second-order valence-electron chi connectivity index (χ2n) is 8.13. The van der Waals surface area contributed by atoms with E-state index in [0.717, 1.165) is 12.8 Å². The van der Waals surface area contributed by atoms with E-state index in [2.05, 4.69) is 30.3 Å². The monoisotopic (exact) mass is 435 g/mol. The summed E-state index contributed by atoms with van der Waals surface area (Å²) in [6.07, 6.45) is 6.86. The average Bonchev–Trinajstić information content (AvgIpc) is 3.34. The van der Waals surface area contributed by atoms with E-state index >= 15 is 0 Å². The Balaban J connectivity index is 1.41. The molecule has 0 atom stereocenters. The van der Waals surface area contributed by atoms with Crippen LogP contribution in [0.4, 0.5) is 5.95 Å². The standard InChI is InChI=1S/C20H21N9O3/c1-21-10-20(11-27(12-20)16(30)9-32-2)28-8-14(7-23-28)17-22-6-5-15-24-19(26-29(15)17)25-18(31)13-3-4-13/h5-8,13H,3-4,9-12H2,2H3,(H,25,26,31). The van der Waals surface area contributed by atoms with Crippen LogP contribution in [0.2, 0.25) is 0 Å². The van der Waals surface area contributed by atoms with Crippen LogP contribution in [0.25, 0.3) is 21.9 Å². The lowest BCUT2D eigenvalue weighted by Crippen LogP contribution is -2.66. The largest absolute Gasteiger partial charge is 0.375 e. The Labute approximate surface area is 183 Å². The number of methoxy groups -OCH3 is 1. The maximum absolute atomic E-state index is 12.1. The van der Waals surface area contributed by atoms with Gasteiger partial charge in [0.1, 0.15) is 6.61 Å². The molecule has 1 saturated heterocycles. The minimum Gasteiger partial charge on any atom is -0.375 e. The second kappa shape index (κ2) is 7.69. The van der Waals surface area contributed by atoms with Crippen molar-refractivity contribution < 1.29 is 14.3 Å². The van der Waals surface area contributed by atoms with Crippen molar-refractivity contribution in [2.45, 2.75) is 18.4 Å². The molecule has 5 rings (SSSR count). The molecule has 0 spiro atoms. The first-order valence-corrected chi connectivity index (χ1v) is 10.2. The van der Waals surface area contributed by atoms with Crippen LogP contribution < -0.4 is 5.32 Å². The number of hydrogen-bond acceptors (Lipinski definition) is 7. The third-order valence-electron chi connectivity index (χ3n) is 5.73. The van der Waals surface area contributed by atoms with Gasteiger partial charge < -0.3 is 14.5 Å². The van der Waals surface area contributed by atoms with Gasteiger partial charge in [-0.1, -0.05) is 0 Å². The number of aromatic nitrogens is 6. The summed E-state index contributed by atoms with van der Waals surface area (Å²) in [7, 11) is 1.48. The molecule has 1 aliphatic heterocycles. The SMILES string of the molecule is [C-]#[N+]CC1(n2cc(-c3nccc4nc(NC(=O)C5CC5)nn34)cn2)CN(C(=O)COC)C1. The Bertz CT molecular complexity index is 1230. The number of fused-ring (bicyclic) bond motifs is 1. The zero-order valence-corrected chi connectivity index (χ0v) is 17.4. The number of carbonyl (C=O) groups excluding carboxylic acids is 2. The molecular formula is C20H21N9O3. The number of likely N-dealkylation sites (tertiary alicyclic amines) is 1. The highest BCUT2D eigenvalue weighted by atomic mass is 16.5. The van der Waals surface area contributed by atoms with E-state index in [9.17, 15) is 9.59 Å². The first-order chi connectivity index (χ1) is 15.5. The second-order valence-corrected chi connectivity index (χ2v) is 8.13. The van der Waals surface area contributed by atoms with Gasteiger partial charge >= 0.3 is 0 Å².